The molecule has 0 fully saturated rings. The molecule has 5 N–H and O–H groups in total. The van der Waals surface area contributed by atoms with Gasteiger partial charge in [0.1, 0.15) is 6.04 Å². The normalized spacial score (nSPS) is 15.0. The van der Waals surface area contributed by atoms with E-state index in [0.717, 1.165) is 6.42 Å². The van der Waals surface area contributed by atoms with E-state index in [2.05, 4.69) is 5.32 Å². The van der Waals surface area contributed by atoms with Crippen LogP contribution in [-0.2, 0) is 14.4 Å². The number of carbonyl (C=O) groups excluding carboxylic acids is 2. The van der Waals surface area contributed by atoms with Gasteiger partial charge in [-0.05, 0) is 12.8 Å². The largest absolute Gasteiger partial charge is 0.480 e. The molecule has 0 spiro atoms. The number of carboxylic acids is 1. The van der Waals surface area contributed by atoms with Crippen LogP contribution in [0.15, 0.2) is 0 Å². The topological polar surface area (TPSA) is 136 Å². The quantitative estimate of drug-likeness (QED) is 0.331. The summed E-state index contributed by atoms with van der Waals surface area (Å²) >= 11 is 0. The summed E-state index contributed by atoms with van der Waals surface area (Å²) in [4.78, 5) is 33.7. The van der Waals surface area contributed by atoms with E-state index in [4.69, 9.17) is 5.11 Å². The van der Waals surface area contributed by atoms with Crippen molar-refractivity contribution in [2.24, 2.45) is 0 Å². The Kier molecular flexibility index (Phi) is 8.49. The van der Waals surface area contributed by atoms with E-state index in [9.17, 15) is 24.6 Å². The number of aliphatic carboxylic acids is 1. The maximum atomic E-state index is 11.5. The van der Waals surface area contributed by atoms with E-state index in [1.165, 1.54) is 0 Å². The van der Waals surface area contributed by atoms with E-state index < -0.39 is 36.0 Å². The number of hydrogen-bond acceptors (Lipinski definition) is 5. The first-order valence-corrected chi connectivity index (χ1v) is 6.52. The molecule has 3 unspecified atom stereocenters. The van der Waals surface area contributed by atoms with Crippen molar-refractivity contribution >= 4 is 17.8 Å². The molecule has 0 aromatic heterocycles. The van der Waals surface area contributed by atoms with Crippen molar-refractivity contribution in [3.05, 3.63) is 0 Å². The zero-order chi connectivity index (χ0) is 15.7. The molecule has 0 saturated heterocycles. The van der Waals surface area contributed by atoms with E-state index in [0.29, 0.717) is 13.0 Å². The standard InChI is InChI=1S/C12H22N2O6/c1-3-5-6-13-10(17)8(15)9(16)11(18)14-7(4-2)12(19)20/h7-9,15-16H,3-6H2,1-2H3,(H,13,17)(H,14,18)(H,19,20). The van der Waals surface area contributed by atoms with Crippen molar-refractivity contribution in [1.29, 1.82) is 0 Å². The number of amides is 2. The fourth-order valence-corrected chi connectivity index (χ4v) is 1.38. The summed E-state index contributed by atoms with van der Waals surface area (Å²) in [6, 6.07) is -1.17. The molecule has 0 aliphatic heterocycles. The first kappa shape index (κ1) is 18.3. The minimum Gasteiger partial charge on any atom is -0.480 e. The van der Waals surface area contributed by atoms with Crippen LogP contribution in [0.3, 0.4) is 0 Å². The van der Waals surface area contributed by atoms with Crippen molar-refractivity contribution < 1.29 is 29.7 Å². The Morgan fingerprint density at radius 1 is 1.05 bits per heavy atom. The van der Waals surface area contributed by atoms with Gasteiger partial charge < -0.3 is 26.0 Å². The average Bonchev–Trinajstić information content (AvgIpc) is 2.42. The highest BCUT2D eigenvalue weighted by molar-refractivity contribution is 5.92. The van der Waals surface area contributed by atoms with Crippen LogP contribution >= 0.6 is 0 Å². The summed E-state index contributed by atoms with van der Waals surface area (Å²) in [5.74, 6) is -3.23. The molecule has 8 heteroatoms. The number of aliphatic hydroxyl groups is 2. The molecule has 8 nitrogen and oxygen atoms in total. The minimum atomic E-state index is -2.01. The molecule has 0 aromatic rings. The molecule has 0 bridgehead atoms. The first-order valence-electron chi connectivity index (χ1n) is 6.52. The number of nitrogens with one attached hydrogen (secondary N) is 2. The summed E-state index contributed by atoms with van der Waals surface area (Å²) in [6.45, 7) is 3.79. The number of aliphatic hydroxyl groups excluding tert-OH is 2. The zero-order valence-electron chi connectivity index (χ0n) is 11.6. The SMILES string of the molecule is CCCCNC(=O)C(O)C(O)C(=O)NC(CC)C(=O)O. The van der Waals surface area contributed by atoms with Crippen molar-refractivity contribution in [3.8, 4) is 0 Å². The minimum absolute atomic E-state index is 0.118. The Morgan fingerprint density at radius 3 is 2.05 bits per heavy atom. The Morgan fingerprint density at radius 2 is 1.60 bits per heavy atom. The Bertz CT molecular complexity index is 347. The van der Waals surface area contributed by atoms with E-state index in [1.54, 1.807) is 6.92 Å². The van der Waals surface area contributed by atoms with Gasteiger partial charge in [-0.25, -0.2) is 4.79 Å². The molecule has 2 amide bonds. The van der Waals surface area contributed by atoms with Crippen LogP contribution in [0.2, 0.25) is 0 Å². The number of carbonyl (C=O) groups is 3. The second-order valence-corrected chi connectivity index (χ2v) is 4.34. The lowest BCUT2D eigenvalue weighted by Gasteiger charge is -2.19. The number of carboxylic acid groups (broad SMARTS) is 1. The lowest BCUT2D eigenvalue weighted by molar-refractivity contribution is -0.149. The smallest absolute Gasteiger partial charge is 0.326 e. The number of rotatable bonds is 9. The third-order valence-electron chi connectivity index (χ3n) is 2.69. The van der Waals surface area contributed by atoms with Crippen LogP contribution in [-0.4, -0.2) is 57.9 Å². The van der Waals surface area contributed by atoms with Gasteiger partial charge in [-0.2, -0.15) is 0 Å². The van der Waals surface area contributed by atoms with Crippen molar-refractivity contribution in [3.63, 3.8) is 0 Å². The van der Waals surface area contributed by atoms with Gasteiger partial charge in [0.25, 0.3) is 11.8 Å². The van der Waals surface area contributed by atoms with Gasteiger partial charge >= 0.3 is 5.97 Å². The van der Waals surface area contributed by atoms with E-state index in [1.807, 2.05) is 12.2 Å². The van der Waals surface area contributed by atoms with E-state index in [-0.39, 0.29) is 6.42 Å². The Balaban J connectivity index is 4.41. The molecule has 0 saturated carbocycles. The second kappa shape index (κ2) is 9.27. The predicted octanol–water partition coefficient (Wildman–Crippen LogP) is -1.40. The monoisotopic (exact) mass is 290 g/mol. The van der Waals surface area contributed by atoms with Gasteiger partial charge in [-0.1, -0.05) is 20.3 Å². The van der Waals surface area contributed by atoms with Crippen LogP contribution < -0.4 is 10.6 Å². The van der Waals surface area contributed by atoms with Crippen molar-refractivity contribution in [2.75, 3.05) is 6.54 Å². The van der Waals surface area contributed by atoms with Crippen LogP contribution in [0.25, 0.3) is 0 Å². The van der Waals surface area contributed by atoms with Gasteiger partial charge in [0, 0.05) is 6.54 Å². The summed E-state index contributed by atoms with van der Waals surface area (Å²) in [5.41, 5.74) is 0. The highest BCUT2D eigenvalue weighted by atomic mass is 16.4. The summed E-state index contributed by atoms with van der Waals surface area (Å²) in [7, 11) is 0. The van der Waals surface area contributed by atoms with Gasteiger partial charge in [-0.3, -0.25) is 9.59 Å². The fraction of sp³-hybridized carbons (Fsp3) is 0.750. The molecule has 0 aromatic carbocycles. The van der Waals surface area contributed by atoms with Crippen LogP contribution in [0.1, 0.15) is 33.1 Å². The van der Waals surface area contributed by atoms with Crippen LogP contribution in [0.5, 0.6) is 0 Å². The summed E-state index contributed by atoms with van der Waals surface area (Å²) in [5, 5.41) is 32.2. The predicted molar refractivity (Wildman–Crippen MR) is 69.8 cm³/mol. The molecule has 20 heavy (non-hydrogen) atoms. The third kappa shape index (κ3) is 5.98. The maximum absolute atomic E-state index is 11.5. The van der Waals surface area contributed by atoms with Gasteiger partial charge in [0.2, 0.25) is 0 Å². The highest BCUT2D eigenvalue weighted by Crippen LogP contribution is 1.98. The first-order chi connectivity index (χ1) is 9.34. The molecule has 0 rings (SSSR count). The summed E-state index contributed by atoms with van der Waals surface area (Å²) < 4.78 is 0. The van der Waals surface area contributed by atoms with Crippen molar-refractivity contribution in [2.45, 2.75) is 51.4 Å². The zero-order valence-corrected chi connectivity index (χ0v) is 11.6. The molecule has 116 valence electrons. The fourth-order valence-electron chi connectivity index (χ4n) is 1.38. The summed E-state index contributed by atoms with van der Waals surface area (Å²) in [6.07, 6.45) is -2.27. The van der Waals surface area contributed by atoms with Gasteiger partial charge in [0.05, 0.1) is 0 Å². The Labute approximate surface area is 117 Å². The molecule has 0 aliphatic carbocycles. The molecular weight excluding hydrogens is 268 g/mol. The van der Waals surface area contributed by atoms with Gasteiger partial charge in [0.15, 0.2) is 12.2 Å². The van der Waals surface area contributed by atoms with Crippen molar-refractivity contribution in [1.82, 2.24) is 10.6 Å². The average molecular weight is 290 g/mol. The molecular formula is C12H22N2O6. The number of hydrogen-bond donors (Lipinski definition) is 5. The molecule has 0 radical (unpaired) electrons. The Hall–Kier alpha value is -1.67. The lowest BCUT2D eigenvalue weighted by Crippen LogP contribution is -2.52. The molecule has 0 aliphatic rings. The third-order valence-corrected chi connectivity index (χ3v) is 2.69. The van der Waals surface area contributed by atoms with Gasteiger partial charge in [-0.15, -0.1) is 0 Å². The number of unbranched alkanes of at least 4 members (excludes halogenated alkanes) is 1. The van der Waals surface area contributed by atoms with Crippen LogP contribution in [0.4, 0.5) is 0 Å². The van der Waals surface area contributed by atoms with E-state index >= 15 is 0 Å². The maximum Gasteiger partial charge on any atom is 0.326 e. The molecule has 0 heterocycles. The molecule has 3 atom stereocenters. The second-order valence-electron chi connectivity index (χ2n) is 4.34. The lowest BCUT2D eigenvalue weighted by atomic mass is 10.1. The van der Waals surface area contributed by atoms with Crippen LogP contribution in [0, 0.1) is 0 Å². The highest BCUT2D eigenvalue weighted by Gasteiger charge is 2.32.